The Labute approximate surface area is 117 Å². The van der Waals surface area contributed by atoms with Crippen molar-refractivity contribution in [3.63, 3.8) is 0 Å². The third kappa shape index (κ3) is 3.04. The zero-order valence-electron chi connectivity index (χ0n) is 12.1. The van der Waals surface area contributed by atoms with Gasteiger partial charge in [0.15, 0.2) is 0 Å². The molecule has 0 aliphatic carbocycles. The van der Waals surface area contributed by atoms with E-state index in [-0.39, 0.29) is 12.1 Å². The summed E-state index contributed by atoms with van der Waals surface area (Å²) < 4.78 is 6.37. The van der Waals surface area contributed by atoms with E-state index in [0.717, 1.165) is 10.1 Å². The third-order valence-electron chi connectivity index (χ3n) is 2.75. The summed E-state index contributed by atoms with van der Waals surface area (Å²) in [5.74, 6) is -0.471. The minimum absolute atomic E-state index is 0.179. The minimum Gasteiger partial charge on any atom is -0.459 e. The Hall–Kier alpha value is -2.17. The number of carbonyl (C=O) groups excluding carboxylic acids is 1. The average molecular weight is 274 g/mol. The number of nitrogens with zero attached hydrogens (tertiary/aromatic N) is 2. The lowest BCUT2D eigenvalue weighted by Gasteiger charge is -2.19. The highest BCUT2D eigenvalue weighted by Gasteiger charge is 2.18. The van der Waals surface area contributed by atoms with E-state index in [0.29, 0.717) is 11.1 Å². The number of carbonyl (C=O) groups is 1. The smallest absolute Gasteiger partial charge is 0.328 e. The molecule has 0 unspecified atom stereocenters. The van der Waals surface area contributed by atoms with Gasteiger partial charge in [0.05, 0.1) is 11.1 Å². The average Bonchev–Trinajstić information content (AvgIpc) is 2.33. The molecule has 2 rings (SSSR count). The predicted molar refractivity (Wildman–Crippen MR) is 76.6 cm³/mol. The molecule has 0 amide bonds. The summed E-state index contributed by atoms with van der Waals surface area (Å²) in [6, 6.07) is 7.23. The molecule has 5 nitrogen and oxygen atoms in total. The molecule has 1 aromatic carbocycles. The highest BCUT2D eigenvalue weighted by atomic mass is 16.6. The summed E-state index contributed by atoms with van der Waals surface area (Å²) in [7, 11) is 0. The first-order valence-electron chi connectivity index (χ1n) is 6.46. The van der Waals surface area contributed by atoms with E-state index in [2.05, 4.69) is 5.10 Å². The van der Waals surface area contributed by atoms with E-state index in [1.54, 1.807) is 32.9 Å². The summed E-state index contributed by atoms with van der Waals surface area (Å²) in [4.78, 5) is 24.1. The second kappa shape index (κ2) is 5.07. The summed E-state index contributed by atoms with van der Waals surface area (Å²) in [6.07, 6.45) is 0. The lowest BCUT2D eigenvalue weighted by molar-refractivity contribution is -0.155. The van der Waals surface area contributed by atoms with Crippen LogP contribution in [0.25, 0.3) is 10.8 Å². The first kappa shape index (κ1) is 14.2. The van der Waals surface area contributed by atoms with Gasteiger partial charge < -0.3 is 4.74 Å². The summed E-state index contributed by atoms with van der Waals surface area (Å²) >= 11 is 0. The predicted octanol–water partition coefficient (Wildman–Crippen LogP) is 2.05. The Morgan fingerprint density at radius 1 is 1.25 bits per heavy atom. The number of hydrogen-bond acceptors (Lipinski definition) is 4. The van der Waals surface area contributed by atoms with Crippen LogP contribution in [0.5, 0.6) is 0 Å². The van der Waals surface area contributed by atoms with Crippen LogP contribution in [0.4, 0.5) is 0 Å². The molecule has 1 heterocycles. The minimum atomic E-state index is -0.577. The van der Waals surface area contributed by atoms with E-state index < -0.39 is 11.6 Å². The van der Waals surface area contributed by atoms with Gasteiger partial charge in [0, 0.05) is 5.39 Å². The van der Waals surface area contributed by atoms with Gasteiger partial charge >= 0.3 is 5.97 Å². The second-order valence-electron chi connectivity index (χ2n) is 5.68. The topological polar surface area (TPSA) is 61.2 Å². The number of benzene rings is 1. The van der Waals surface area contributed by atoms with Crippen molar-refractivity contribution in [1.82, 2.24) is 9.78 Å². The fourth-order valence-corrected chi connectivity index (χ4v) is 2.01. The number of ether oxygens (including phenoxy) is 1. The summed E-state index contributed by atoms with van der Waals surface area (Å²) in [6.45, 7) is 6.99. The monoisotopic (exact) mass is 274 g/mol. The largest absolute Gasteiger partial charge is 0.459 e. The summed E-state index contributed by atoms with van der Waals surface area (Å²) in [5.41, 5.74) is -0.145. The van der Waals surface area contributed by atoms with Gasteiger partial charge in [-0.25, -0.2) is 4.68 Å². The number of aryl methyl sites for hydroxylation is 1. The fraction of sp³-hybridized carbons (Fsp3) is 0.400. The molecule has 0 aliphatic rings. The number of esters is 1. The highest BCUT2D eigenvalue weighted by Crippen LogP contribution is 2.12. The van der Waals surface area contributed by atoms with E-state index >= 15 is 0 Å². The van der Waals surface area contributed by atoms with Crippen molar-refractivity contribution in [2.75, 3.05) is 0 Å². The van der Waals surface area contributed by atoms with Crippen LogP contribution in [0.3, 0.4) is 0 Å². The van der Waals surface area contributed by atoms with Gasteiger partial charge in [0.2, 0.25) is 0 Å². The molecule has 0 aliphatic heterocycles. The van der Waals surface area contributed by atoms with Crippen molar-refractivity contribution in [3.8, 4) is 0 Å². The maximum atomic E-state index is 12.3. The van der Waals surface area contributed by atoms with Crippen LogP contribution in [-0.4, -0.2) is 21.4 Å². The van der Waals surface area contributed by atoms with Crippen LogP contribution in [-0.2, 0) is 16.1 Å². The van der Waals surface area contributed by atoms with Crippen LogP contribution in [0.15, 0.2) is 29.1 Å². The molecule has 0 saturated heterocycles. The second-order valence-corrected chi connectivity index (χ2v) is 5.68. The molecule has 2 aromatic rings. The van der Waals surface area contributed by atoms with Gasteiger partial charge in [-0.3, -0.25) is 9.59 Å². The molecule has 20 heavy (non-hydrogen) atoms. The van der Waals surface area contributed by atoms with Gasteiger partial charge in [-0.05, 0) is 33.8 Å². The quantitative estimate of drug-likeness (QED) is 0.786. The van der Waals surface area contributed by atoms with E-state index in [9.17, 15) is 9.59 Å². The number of aromatic nitrogens is 2. The van der Waals surface area contributed by atoms with E-state index in [1.165, 1.54) is 0 Å². The number of fused-ring (bicyclic) bond motifs is 1. The molecule has 0 bridgehead atoms. The van der Waals surface area contributed by atoms with Crippen LogP contribution in [0.1, 0.15) is 26.5 Å². The molecule has 106 valence electrons. The number of hydrogen-bond donors (Lipinski definition) is 0. The van der Waals surface area contributed by atoms with Crippen molar-refractivity contribution >= 4 is 16.7 Å². The lowest BCUT2D eigenvalue weighted by atomic mass is 10.1. The third-order valence-corrected chi connectivity index (χ3v) is 2.75. The summed E-state index contributed by atoms with van der Waals surface area (Å²) in [5, 5.41) is 5.54. The normalized spacial score (nSPS) is 11.6. The Balaban J connectivity index is 2.39. The first-order chi connectivity index (χ1) is 9.28. The molecule has 0 spiro atoms. The SMILES string of the molecule is Cc1nn(CC(=O)OC(C)(C)C)c(=O)c2ccccc12. The van der Waals surface area contributed by atoms with Gasteiger partial charge in [0.1, 0.15) is 12.1 Å². The van der Waals surface area contributed by atoms with Gasteiger partial charge in [-0.1, -0.05) is 18.2 Å². The van der Waals surface area contributed by atoms with Crippen LogP contribution < -0.4 is 5.56 Å². The highest BCUT2D eigenvalue weighted by molar-refractivity contribution is 5.83. The maximum Gasteiger partial charge on any atom is 0.328 e. The zero-order chi connectivity index (χ0) is 14.9. The van der Waals surface area contributed by atoms with Crippen molar-refractivity contribution in [2.45, 2.75) is 39.8 Å². The standard InChI is InChI=1S/C15H18N2O3/c1-10-11-7-5-6-8-12(11)14(19)17(16-10)9-13(18)20-15(2,3)4/h5-8H,9H2,1-4H3. The Bertz CT molecular complexity index is 711. The first-order valence-corrected chi connectivity index (χ1v) is 6.46. The van der Waals surface area contributed by atoms with Crippen LogP contribution >= 0.6 is 0 Å². The fourth-order valence-electron chi connectivity index (χ4n) is 2.01. The van der Waals surface area contributed by atoms with Gasteiger partial charge in [0.25, 0.3) is 5.56 Å². The van der Waals surface area contributed by atoms with Crippen LogP contribution in [0, 0.1) is 6.92 Å². The van der Waals surface area contributed by atoms with Gasteiger partial charge in [-0.2, -0.15) is 5.10 Å². The van der Waals surface area contributed by atoms with E-state index in [1.807, 2.05) is 19.1 Å². The lowest BCUT2D eigenvalue weighted by Crippen LogP contribution is -2.32. The van der Waals surface area contributed by atoms with Crippen molar-refractivity contribution in [2.24, 2.45) is 0 Å². The van der Waals surface area contributed by atoms with Crippen LogP contribution in [0.2, 0.25) is 0 Å². The molecule has 1 aromatic heterocycles. The molecule has 0 fully saturated rings. The Morgan fingerprint density at radius 2 is 1.85 bits per heavy atom. The van der Waals surface area contributed by atoms with Crippen molar-refractivity contribution < 1.29 is 9.53 Å². The Kier molecular flexibility index (Phi) is 3.61. The zero-order valence-corrected chi connectivity index (χ0v) is 12.1. The molecule has 5 heteroatoms. The molecular weight excluding hydrogens is 256 g/mol. The number of rotatable bonds is 2. The molecule has 0 saturated carbocycles. The van der Waals surface area contributed by atoms with Gasteiger partial charge in [-0.15, -0.1) is 0 Å². The molecule has 0 N–H and O–H groups in total. The van der Waals surface area contributed by atoms with Crippen molar-refractivity contribution in [3.05, 3.63) is 40.3 Å². The molecule has 0 atom stereocenters. The van der Waals surface area contributed by atoms with Crippen molar-refractivity contribution in [1.29, 1.82) is 0 Å². The molecular formula is C15H18N2O3. The maximum absolute atomic E-state index is 12.3. The molecule has 0 radical (unpaired) electrons. The van der Waals surface area contributed by atoms with E-state index in [4.69, 9.17) is 4.74 Å². The Morgan fingerprint density at radius 3 is 2.45 bits per heavy atom.